The summed E-state index contributed by atoms with van der Waals surface area (Å²) in [4.78, 5) is 4.64. The predicted molar refractivity (Wildman–Crippen MR) is 100 cm³/mol. The number of nitrogens with one attached hydrogen (secondary N) is 2. The summed E-state index contributed by atoms with van der Waals surface area (Å²) in [6.45, 7) is 4.71. The van der Waals surface area contributed by atoms with Crippen LogP contribution in [0.5, 0.6) is 0 Å². The van der Waals surface area contributed by atoms with Crippen molar-refractivity contribution in [2.45, 2.75) is 26.6 Å². The number of ether oxygens (including phenoxy) is 1. The minimum absolute atomic E-state index is 0.607. The SMILES string of the molecule is CCNC(=NCc1cccc(COC)c1)NCc1ccccc1Cl. The molecule has 0 aromatic heterocycles. The van der Waals surface area contributed by atoms with Gasteiger partial charge in [0.2, 0.25) is 0 Å². The monoisotopic (exact) mass is 345 g/mol. The molecule has 0 radical (unpaired) electrons. The summed E-state index contributed by atoms with van der Waals surface area (Å²) in [7, 11) is 1.70. The van der Waals surface area contributed by atoms with Crippen molar-refractivity contribution in [2.75, 3.05) is 13.7 Å². The lowest BCUT2D eigenvalue weighted by Gasteiger charge is -2.12. The van der Waals surface area contributed by atoms with Gasteiger partial charge in [0.1, 0.15) is 0 Å². The molecular weight excluding hydrogens is 322 g/mol. The fourth-order valence-corrected chi connectivity index (χ4v) is 2.52. The number of aliphatic imine (C=N–C) groups is 1. The number of halogens is 1. The van der Waals surface area contributed by atoms with Crippen LogP contribution in [0.1, 0.15) is 23.6 Å². The smallest absolute Gasteiger partial charge is 0.191 e. The molecule has 0 unspecified atom stereocenters. The van der Waals surface area contributed by atoms with Gasteiger partial charge in [-0.25, -0.2) is 4.99 Å². The van der Waals surface area contributed by atoms with Gasteiger partial charge in [-0.1, -0.05) is 54.1 Å². The first-order valence-corrected chi connectivity index (χ1v) is 8.43. The number of methoxy groups -OCH3 is 1. The highest BCUT2D eigenvalue weighted by Crippen LogP contribution is 2.14. The van der Waals surface area contributed by atoms with Gasteiger partial charge in [0.15, 0.2) is 5.96 Å². The van der Waals surface area contributed by atoms with Gasteiger partial charge in [0.05, 0.1) is 13.2 Å². The van der Waals surface area contributed by atoms with Crippen molar-refractivity contribution in [3.05, 3.63) is 70.2 Å². The van der Waals surface area contributed by atoms with E-state index in [4.69, 9.17) is 16.3 Å². The predicted octanol–water partition coefficient (Wildman–Crippen LogP) is 3.74. The first-order valence-electron chi connectivity index (χ1n) is 8.05. The average Bonchev–Trinajstić information content (AvgIpc) is 2.59. The molecule has 24 heavy (non-hydrogen) atoms. The Labute approximate surface area is 148 Å². The highest BCUT2D eigenvalue weighted by molar-refractivity contribution is 6.31. The standard InChI is InChI=1S/C19H24ClN3O/c1-3-21-19(23-13-17-9-4-5-10-18(17)20)22-12-15-7-6-8-16(11-15)14-24-2/h4-11H,3,12-14H2,1-2H3,(H2,21,22,23). The van der Waals surface area contributed by atoms with Crippen molar-refractivity contribution < 1.29 is 4.74 Å². The zero-order chi connectivity index (χ0) is 17.2. The summed E-state index contributed by atoms with van der Waals surface area (Å²) < 4.78 is 5.17. The van der Waals surface area contributed by atoms with E-state index in [1.807, 2.05) is 37.3 Å². The number of hydrogen-bond donors (Lipinski definition) is 2. The van der Waals surface area contributed by atoms with Crippen LogP contribution < -0.4 is 10.6 Å². The van der Waals surface area contributed by atoms with Gasteiger partial charge in [-0.05, 0) is 29.7 Å². The van der Waals surface area contributed by atoms with Crippen molar-refractivity contribution in [1.82, 2.24) is 10.6 Å². The van der Waals surface area contributed by atoms with Crippen LogP contribution in [-0.4, -0.2) is 19.6 Å². The largest absolute Gasteiger partial charge is 0.380 e. The molecule has 0 atom stereocenters. The Balaban J connectivity index is 2.00. The van der Waals surface area contributed by atoms with E-state index in [0.29, 0.717) is 19.7 Å². The van der Waals surface area contributed by atoms with E-state index in [1.54, 1.807) is 7.11 Å². The Morgan fingerprint density at radius 1 is 1.08 bits per heavy atom. The number of hydrogen-bond acceptors (Lipinski definition) is 2. The van der Waals surface area contributed by atoms with Gasteiger partial charge in [0, 0.05) is 25.2 Å². The second-order valence-corrected chi connectivity index (χ2v) is 5.80. The maximum Gasteiger partial charge on any atom is 0.191 e. The van der Waals surface area contributed by atoms with Crippen LogP contribution in [0.3, 0.4) is 0 Å². The number of benzene rings is 2. The van der Waals surface area contributed by atoms with Crippen molar-refractivity contribution in [3.8, 4) is 0 Å². The van der Waals surface area contributed by atoms with E-state index in [-0.39, 0.29) is 0 Å². The molecule has 0 aliphatic carbocycles. The Kier molecular flexibility index (Phi) is 7.59. The molecule has 4 nitrogen and oxygen atoms in total. The van der Waals surface area contributed by atoms with Crippen LogP contribution >= 0.6 is 11.6 Å². The Bertz CT molecular complexity index is 673. The lowest BCUT2D eigenvalue weighted by atomic mass is 10.1. The first kappa shape index (κ1) is 18.3. The Morgan fingerprint density at radius 2 is 1.88 bits per heavy atom. The molecule has 0 bridgehead atoms. The maximum absolute atomic E-state index is 6.19. The molecule has 2 rings (SSSR count). The van der Waals surface area contributed by atoms with E-state index < -0.39 is 0 Å². The van der Waals surface area contributed by atoms with Gasteiger partial charge in [-0.15, -0.1) is 0 Å². The van der Waals surface area contributed by atoms with Gasteiger partial charge >= 0.3 is 0 Å². The van der Waals surface area contributed by atoms with Crippen LogP contribution in [0.2, 0.25) is 5.02 Å². The summed E-state index contributed by atoms with van der Waals surface area (Å²) in [5.41, 5.74) is 3.35. The fourth-order valence-electron chi connectivity index (χ4n) is 2.32. The molecule has 2 aromatic carbocycles. The van der Waals surface area contributed by atoms with Crippen LogP contribution in [0.25, 0.3) is 0 Å². The molecule has 128 valence electrons. The molecular formula is C19H24ClN3O. The molecule has 0 heterocycles. The summed E-state index contributed by atoms with van der Waals surface area (Å²) in [6, 6.07) is 16.1. The molecule has 5 heteroatoms. The quantitative estimate of drug-likeness (QED) is 0.593. The first-order chi connectivity index (χ1) is 11.7. The average molecular weight is 346 g/mol. The maximum atomic E-state index is 6.19. The number of rotatable bonds is 7. The van der Waals surface area contributed by atoms with Crippen molar-refractivity contribution >= 4 is 17.6 Å². The van der Waals surface area contributed by atoms with Crippen molar-refractivity contribution in [3.63, 3.8) is 0 Å². The summed E-state index contributed by atoms with van der Waals surface area (Å²) in [6.07, 6.45) is 0. The van der Waals surface area contributed by atoms with Crippen LogP contribution in [0.15, 0.2) is 53.5 Å². The zero-order valence-corrected chi connectivity index (χ0v) is 14.9. The number of guanidine groups is 1. The van der Waals surface area contributed by atoms with E-state index >= 15 is 0 Å². The zero-order valence-electron chi connectivity index (χ0n) is 14.2. The highest BCUT2D eigenvalue weighted by Gasteiger charge is 2.02. The molecule has 2 N–H and O–H groups in total. The van der Waals surface area contributed by atoms with Gasteiger partial charge in [-0.3, -0.25) is 0 Å². The molecule has 0 saturated carbocycles. The normalized spacial score (nSPS) is 11.4. The molecule has 0 aliphatic rings. The molecule has 0 spiro atoms. The van der Waals surface area contributed by atoms with Crippen LogP contribution in [0.4, 0.5) is 0 Å². The number of nitrogens with zero attached hydrogens (tertiary/aromatic N) is 1. The van der Waals surface area contributed by atoms with E-state index in [1.165, 1.54) is 0 Å². The third-order valence-electron chi connectivity index (χ3n) is 3.47. The minimum atomic E-state index is 0.607. The lowest BCUT2D eigenvalue weighted by molar-refractivity contribution is 0.185. The Morgan fingerprint density at radius 3 is 2.62 bits per heavy atom. The van der Waals surface area contributed by atoms with Crippen molar-refractivity contribution in [2.24, 2.45) is 4.99 Å². The topological polar surface area (TPSA) is 45.7 Å². The second-order valence-electron chi connectivity index (χ2n) is 5.39. The summed E-state index contributed by atoms with van der Waals surface area (Å²) >= 11 is 6.19. The van der Waals surface area contributed by atoms with E-state index in [9.17, 15) is 0 Å². The molecule has 0 saturated heterocycles. The molecule has 0 amide bonds. The second kappa shape index (κ2) is 9.96. The summed E-state index contributed by atoms with van der Waals surface area (Å²) in [5, 5.41) is 7.33. The fraction of sp³-hybridized carbons (Fsp3) is 0.316. The third kappa shape index (κ3) is 5.87. The van der Waals surface area contributed by atoms with E-state index in [2.05, 4.69) is 33.8 Å². The van der Waals surface area contributed by atoms with Gasteiger partial charge < -0.3 is 15.4 Å². The van der Waals surface area contributed by atoms with Crippen LogP contribution in [0, 0.1) is 0 Å². The summed E-state index contributed by atoms with van der Waals surface area (Å²) in [5.74, 6) is 0.773. The van der Waals surface area contributed by atoms with Gasteiger partial charge in [0.25, 0.3) is 0 Å². The Hall–Kier alpha value is -2.04. The van der Waals surface area contributed by atoms with Crippen LogP contribution in [-0.2, 0) is 24.4 Å². The molecule has 2 aromatic rings. The highest BCUT2D eigenvalue weighted by atomic mass is 35.5. The molecule has 0 fully saturated rings. The van der Waals surface area contributed by atoms with Gasteiger partial charge in [-0.2, -0.15) is 0 Å². The van der Waals surface area contributed by atoms with Crippen molar-refractivity contribution in [1.29, 1.82) is 0 Å². The lowest BCUT2D eigenvalue weighted by Crippen LogP contribution is -2.36. The minimum Gasteiger partial charge on any atom is -0.380 e. The third-order valence-corrected chi connectivity index (χ3v) is 3.84. The molecule has 0 aliphatic heterocycles. The van der Waals surface area contributed by atoms with E-state index in [0.717, 1.165) is 34.2 Å².